The van der Waals surface area contributed by atoms with Crippen molar-refractivity contribution in [2.75, 3.05) is 12.4 Å². The molecule has 1 saturated heterocycles. The van der Waals surface area contributed by atoms with E-state index in [-0.39, 0.29) is 0 Å². The van der Waals surface area contributed by atoms with Crippen molar-refractivity contribution >= 4 is 11.6 Å². The monoisotopic (exact) mass is 187 g/mol. The maximum Gasteiger partial charge on any atom is 0.0447 e. The summed E-state index contributed by atoms with van der Waals surface area (Å²) in [5.41, 5.74) is 0.365. The minimum Gasteiger partial charge on any atom is -0.291 e. The Morgan fingerprint density at radius 2 is 2.00 bits per heavy atom. The van der Waals surface area contributed by atoms with Crippen molar-refractivity contribution < 1.29 is 0 Å². The van der Waals surface area contributed by atoms with Crippen LogP contribution in [0.3, 0.4) is 0 Å². The Morgan fingerprint density at radius 1 is 1.33 bits per heavy atom. The standard InChI is InChI=1S/C10H18ClN/c1-10(7-11)8-12(10)9-5-3-2-4-6-9/h9H,2-8H2,1H3. The first-order chi connectivity index (χ1) is 5.76. The Hall–Kier alpha value is 0.250. The van der Waals surface area contributed by atoms with E-state index in [1.54, 1.807) is 0 Å². The van der Waals surface area contributed by atoms with Gasteiger partial charge in [-0.15, -0.1) is 11.6 Å². The predicted octanol–water partition coefficient (Wildman–Crippen LogP) is 2.63. The molecule has 1 aliphatic heterocycles. The molecule has 0 aromatic rings. The molecule has 0 bridgehead atoms. The Kier molecular flexibility index (Phi) is 2.35. The van der Waals surface area contributed by atoms with Crippen LogP contribution in [0.25, 0.3) is 0 Å². The van der Waals surface area contributed by atoms with Gasteiger partial charge in [-0.3, -0.25) is 4.90 Å². The molecule has 70 valence electrons. The van der Waals surface area contributed by atoms with E-state index in [9.17, 15) is 0 Å². The van der Waals surface area contributed by atoms with Crippen molar-refractivity contribution in [3.05, 3.63) is 0 Å². The van der Waals surface area contributed by atoms with Gasteiger partial charge < -0.3 is 0 Å². The number of alkyl halides is 1. The second kappa shape index (κ2) is 3.19. The predicted molar refractivity (Wildman–Crippen MR) is 52.7 cm³/mol. The summed E-state index contributed by atoms with van der Waals surface area (Å²) in [5.74, 6) is 0.809. The van der Waals surface area contributed by atoms with Crippen LogP contribution in [-0.2, 0) is 0 Å². The Labute approximate surface area is 80.1 Å². The molecule has 0 radical (unpaired) electrons. The summed E-state index contributed by atoms with van der Waals surface area (Å²) in [6.07, 6.45) is 7.12. The fraction of sp³-hybridized carbons (Fsp3) is 1.00. The van der Waals surface area contributed by atoms with Crippen LogP contribution in [-0.4, -0.2) is 28.9 Å². The molecule has 2 aliphatic rings. The SMILES string of the molecule is CC1(CCl)CN1C1CCCCC1. The average molecular weight is 188 g/mol. The molecule has 0 N–H and O–H groups in total. The van der Waals surface area contributed by atoms with Gasteiger partial charge in [0.2, 0.25) is 0 Å². The number of hydrogen-bond donors (Lipinski definition) is 0. The van der Waals surface area contributed by atoms with Gasteiger partial charge >= 0.3 is 0 Å². The molecule has 1 aliphatic carbocycles. The molecule has 2 atom stereocenters. The first kappa shape index (κ1) is 8.83. The molecule has 2 rings (SSSR count). The van der Waals surface area contributed by atoms with E-state index < -0.39 is 0 Å². The number of hydrogen-bond acceptors (Lipinski definition) is 1. The van der Waals surface area contributed by atoms with E-state index >= 15 is 0 Å². The first-order valence-electron chi connectivity index (χ1n) is 5.09. The van der Waals surface area contributed by atoms with Gasteiger partial charge in [0.05, 0.1) is 0 Å². The van der Waals surface area contributed by atoms with E-state index in [1.807, 2.05) is 0 Å². The van der Waals surface area contributed by atoms with Crippen LogP contribution in [0, 0.1) is 0 Å². The molecule has 0 spiro atoms. The maximum atomic E-state index is 5.91. The molecular formula is C10H18ClN. The minimum absolute atomic E-state index is 0.365. The van der Waals surface area contributed by atoms with Crippen molar-refractivity contribution in [2.24, 2.45) is 0 Å². The number of halogens is 1. The smallest absolute Gasteiger partial charge is 0.0447 e. The zero-order chi connectivity index (χ0) is 8.60. The lowest BCUT2D eigenvalue weighted by Gasteiger charge is -2.25. The minimum atomic E-state index is 0.365. The Morgan fingerprint density at radius 3 is 2.50 bits per heavy atom. The molecule has 0 aromatic heterocycles. The van der Waals surface area contributed by atoms with Crippen molar-refractivity contribution in [3.63, 3.8) is 0 Å². The molecule has 12 heavy (non-hydrogen) atoms. The molecule has 0 amide bonds. The average Bonchev–Trinajstić information content (AvgIpc) is 2.81. The van der Waals surface area contributed by atoms with Gasteiger partial charge in [0.15, 0.2) is 0 Å². The number of rotatable bonds is 2. The zero-order valence-corrected chi connectivity index (χ0v) is 8.61. The Balaban J connectivity index is 1.86. The van der Waals surface area contributed by atoms with Crippen LogP contribution < -0.4 is 0 Å². The topological polar surface area (TPSA) is 3.01 Å². The van der Waals surface area contributed by atoms with Crippen LogP contribution in [0.15, 0.2) is 0 Å². The van der Waals surface area contributed by atoms with Crippen molar-refractivity contribution in [1.29, 1.82) is 0 Å². The lowest BCUT2D eigenvalue weighted by molar-refractivity contribution is 0.261. The molecule has 1 nitrogen and oxygen atoms in total. The second-order valence-electron chi connectivity index (χ2n) is 4.55. The van der Waals surface area contributed by atoms with E-state index in [4.69, 9.17) is 11.6 Å². The highest BCUT2D eigenvalue weighted by Crippen LogP contribution is 2.39. The summed E-state index contributed by atoms with van der Waals surface area (Å²) in [5, 5.41) is 0. The normalized spacial score (nSPS) is 43.0. The van der Waals surface area contributed by atoms with E-state index in [1.165, 1.54) is 38.6 Å². The quantitative estimate of drug-likeness (QED) is 0.475. The summed E-state index contributed by atoms with van der Waals surface area (Å²) in [6, 6.07) is 0.863. The van der Waals surface area contributed by atoms with Crippen LogP contribution in [0.4, 0.5) is 0 Å². The summed E-state index contributed by atoms with van der Waals surface area (Å²) in [7, 11) is 0. The van der Waals surface area contributed by atoms with Crippen molar-refractivity contribution in [3.8, 4) is 0 Å². The van der Waals surface area contributed by atoms with Gasteiger partial charge in [0, 0.05) is 24.0 Å². The van der Waals surface area contributed by atoms with Crippen LogP contribution in [0.1, 0.15) is 39.0 Å². The van der Waals surface area contributed by atoms with Crippen LogP contribution in [0.5, 0.6) is 0 Å². The summed E-state index contributed by atoms with van der Waals surface area (Å²) < 4.78 is 0. The summed E-state index contributed by atoms with van der Waals surface area (Å²) in [6.45, 7) is 3.52. The van der Waals surface area contributed by atoms with Crippen molar-refractivity contribution in [1.82, 2.24) is 4.90 Å². The fourth-order valence-corrected chi connectivity index (χ4v) is 2.65. The highest BCUT2D eigenvalue weighted by molar-refractivity contribution is 6.18. The second-order valence-corrected chi connectivity index (χ2v) is 4.82. The third-order valence-corrected chi connectivity index (χ3v) is 3.98. The van der Waals surface area contributed by atoms with E-state index in [2.05, 4.69) is 11.8 Å². The molecule has 1 saturated carbocycles. The zero-order valence-electron chi connectivity index (χ0n) is 7.85. The van der Waals surface area contributed by atoms with Gasteiger partial charge in [-0.1, -0.05) is 19.3 Å². The third-order valence-electron chi connectivity index (χ3n) is 3.40. The largest absolute Gasteiger partial charge is 0.291 e. The highest BCUT2D eigenvalue weighted by atomic mass is 35.5. The van der Waals surface area contributed by atoms with Gasteiger partial charge in [-0.2, -0.15) is 0 Å². The lowest BCUT2D eigenvalue weighted by atomic mass is 9.95. The lowest BCUT2D eigenvalue weighted by Crippen LogP contribution is -2.28. The number of nitrogens with zero attached hydrogens (tertiary/aromatic N) is 1. The molecule has 2 fully saturated rings. The van der Waals surface area contributed by atoms with Crippen LogP contribution >= 0.6 is 11.6 Å². The molecular weight excluding hydrogens is 170 g/mol. The van der Waals surface area contributed by atoms with Gasteiger partial charge in [-0.25, -0.2) is 0 Å². The molecule has 2 heteroatoms. The molecule has 1 heterocycles. The van der Waals surface area contributed by atoms with Gasteiger partial charge in [0.25, 0.3) is 0 Å². The first-order valence-corrected chi connectivity index (χ1v) is 5.62. The molecule has 2 unspecified atom stereocenters. The van der Waals surface area contributed by atoms with E-state index in [0.29, 0.717) is 5.54 Å². The highest BCUT2D eigenvalue weighted by Gasteiger charge is 2.50. The summed E-state index contributed by atoms with van der Waals surface area (Å²) >= 11 is 5.91. The van der Waals surface area contributed by atoms with E-state index in [0.717, 1.165) is 11.9 Å². The van der Waals surface area contributed by atoms with Gasteiger partial charge in [0.1, 0.15) is 0 Å². The third kappa shape index (κ3) is 1.49. The molecule has 0 aromatic carbocycles. The van der Waals surface area contributed by atoms with Crippen LogP contribution in [0.2, 0.25) is 0 Å². The van der Waals surface area contributed by atoms with Crippen molar-refractivity contribution in [2.45, 2.75) is 50.6 Å². The fourth-order valence-electron chi connectivity index (χ4n) is 2.41. The Bertz CT molecular complexity index is 162. The summed E-state index contributed by atoms with van der Waals surface area (Å²) in [4.78, 5) is 2.60. The van der Waals surface area contributed by atoms with Gasteiger partial charge in [-0.05, 0) is 19.8 Å². The maximum absolute atomic E-state index is 5.91.